The Labute approximate surface area is 160 Å². The van der Waals surface area contributed by atoms with Crippen molar-refractivity contribution < 1.29 is 23.1 Å². The molecule has 2 aliphatic rings. The predicted octanol–water partition coefficient (Wildman–Crippen LogP) is 0.467. The van der Waals surface area contributed by atoms with Crippen LogP contribution in [0.1, 0.15) is 18.4 Å². The monoisotopic (exact) mass is 415 g/mol. The lowest BCUT2D eigenvalue weighted by molar-refractivity contribution is -0.305. The third kappa shape index (κ3) is 4.57. The number of benzene rings is 1. The fourth-order valence-electron chi connectivity index (χ4n) is 2.98. The molecular formula is C16H16ClN2O5S2-. The van der Waals surface area contributed by atoms with E-state index in [1.807, 2.05) is 17.0 Å². The molecule has 1 amide bonds. The van der Waals surface area contributed by atoms with Gasteiger partial charge < -0.3 is 14.8 Å². The van der Waals surface area contributed by atoms with E-state index in [0.717, 1.165) is 5.56 Å². The van der Waals surface area contributed by atoms with Crippen molar-refractivity contribution in [2.45, 2.75) is 30.7 Å². The van der Waals surface area contributed by atoms with E-state index in [4.69, 9.17) is 11.6 Å². The molecule has 0 bridgehead atoms. The SMILES string of the molecule is O=C([O-])CCC(=O)N=C1S[C@H]2CS(=O)(=O)C[C@H]2N1Cc1ccc(Cl)cc1. The summed E-state index contributed by atoms with van der Waals surface area (Å²) >= 11 is 7.16. The van der Waals surface area contributed by atoms with Crippen molar-refractivity contribution in [2.75, 3.05) is 11.5 Å². The number of carbonyl (C=O) groups excluding carboxylic acids is 2. The van der Waals surface area contributed by atoms with Gasteiger partial charge in [0.15, 0.2) is 15.0 Å². The first-order valence-electron chi connectivity index (χ1n) is 7.93. The minimum atomic E-state index is -3.12. The number of nitrogens with zero attached hydrogens (tertiary/aromatic N) is 2. The van der Waals surface area contributed by atoms with Gasteiger partial charge in [-0.2, -0.15) is 4.99 Å². The Hall–Kier alpha value is -1.58. The zero-order valence-corrected chi connectivity index (χ0v) is 16.0. The molecule has 2 aliphatic heterocycles. The van der Waals surface area contributed by atoms with Gasteiger partial charge in [0.1, 0.15) is 0 Å². The number of aliphatic imine (C=N–C) groups is 1. The van der Waals surface area contributed by atoms with E-state index in [0.29, 0.717) is 16.7 Å². The van der Waals surface area contributed by atoms with Gasteiger partial charge in [-0.3, -0.25) is 4.79 Å². The van der Waals surface area contributed by atoms with Gasteiger partial charge in [0.05, 0.1) is 17.5 Å². The Morgan fingerprint density at radius 2 is 1.92 bits per heavy atom. The Kier molecular flexibility index (Phi) is 5.59. The molecule has 0 saturated carbocycles. The standard InChI is InChI=1S/C16H17ClN2O5S2/c17-11-3-1-10(2-4-11)7-19-12-8-26(23,24)9-13(12)25-16(19)18-14(20)5-6-15(21)22/h1-4,12-13H,5-9H2,(H,21,22)/p-1/t12-,13+/m1/s1. The predicted molar refractivity (Wildman–Crippen MR) is 97.5 cm³/mol. The number of carbonyl (C=O) groups is 2. The molecule has 1 aromatic rings. The van der Waals surface area contributed by atoms with Crippen LogP contribution in [-0.2, 0) is 26.0 Å². The zero-order valence-electron chi connectivity index (χ0n) is 13.6. The number of carboxylic acids is 1. The maximum atomic E-state index is 12.0. The minimum absolute atomic E-state index is 0.0184. The molecule has 140 valence electrons. The molecule has 2 atom stereocenters. The first-order valence-corrected chi connectivity index (χ1v) is 11.0. The van der Waals surface area contributed by atoms with E-state index in [2.05, 4.69) is 4.99 Å². The van der Waals surface area contributed by atoms with Crippen molar-refractivity contribution in [3.63, 3.8) is 0 Å². The molecule has 26 heavy (non-hydrogen) atoms. The van der Waals surface area contributed by atoms with E-state index in [1.165, 1.54) is 11.8 Å². The highest BCUT2D eigenvalue weighted by molar-refractivity contribution is 8.15. The lowest BCUT2D eigenvalue weighted by atomic mass is 10.1. The van der Waals surface area contributed by atoms with Crippen molar-refractivity contribution in [3.8, 4) is 0 Å². The van der Waals surface area contributed by atoms with Gasteiger partial charge in [-0.05, 0) is 24.1 Å². The molecule has 2 fully saturated rings. The summed E-state index contributed by atoms with van der Waals surface area (Å²) in [6, 6.07) is 6.89. The zero-order chi connectivity index (χ0) is 18.9. The molecule has 10 heteroatoms. The largest absolute Gasteiger partial charge is 0.550 e. The molecule has 0 unspecified atom stereocenters. The van der Waals surface area contributed by atoms with Crippen LogP contribution in [0, 0.1) is 0 Å². The molecule has 7 nitrogen and oxygen atoms in total. The van der Waals surface area contributed by atoms with Crippen molar-refractivity contribution in [2.24, 2.45) is 4.99 Å². The van der Waals surface area contributed by atoms with Crippen molar-refractivity contribution in [1.29, 1.82) is 0 Å². The number of aliphatic carboxylic acids is 1. The molecule has 0 spiro atoms. The molecule has 1 aromatic carbocycles. The first-order chi connectivity index (χ1) is 12.2. The van der Waals surface area contributed by atoms with Gasteiger partial charge in [0.2, 0.25) is 5.91 Å². The quantitative estimate of drug-likeness (QED) is 0.687. The number of amidine groups is 1. The minimum Gasteiger partial charge on any atom is -0.550 e. The highest BCUT2D eigenvalue weighted by atomic mass is 35.5. The van der Waals surface area contributed by atoms with Gasteiger partial charge in [-0.1, -0.05) is 35.5 Å². The number of hydrogen-bond acceptors (Lipinski definition) is 6. The normalized spacial score (nSPS) is 25.4. The van der Waals surface area contributed by atoms with Crippen LogP contribution >= 0.6 is 23.4 Å². The van der Waals surface area contributed by atoms with Gasteiger partial charge in [0.25, 0.3) is 0 Å². The number of carboxylic acid groups (broad SMARTS) is 1. The van der Waals surface area contributed by atoms with Gasteiger partial charge in [-0.15, -0.1) is 0 Å². The fraction of sp³-hybridized carbons (Fsp3) is 0.438. The Bertz CT molecular complexity index is 854. The van der Waals surface area contributed by atoms with Gasteiger partial charge in [0, 0.05) is 29.2 Å². The van der Waals surface area contributed by atoms with Crippen molar-refractivity contribution in [1.82, 2.24) is 4.90 Å². The molecule has 0 aromatic heterocycles. The van der Waals surface area contributed by atoms with Crippen molar-refractivity contribution >= 4 is 50.2 Å². The van der Waals surface area contributed by atoms with Crippen LogP contribution in [0.2, 0.25) is 5.02 Å². The lowest BCUT2D eigenvalue weighted by Crippen LogP contribution is -2.37. The second-order valence-corrected chi connectivity index (χ2v) is 10.0. The smallest absolute Gasteiger partial charge is 0.248 e. The van der Waals surface area contributed by atoms with E-state index in [-0.39, 0.29) is 29.2 Å². The molecule has 3 rings (SSSR count). The average Bonchev–Trinajstić information content (AvgIpc) is 3.00. The molecule has 0 radical (unpaired) electrons. The highest BCUT2D eigenvalue weighted by Crippen LogP contribution is 2.39. The number of sulfone groups is 1. The number of hydrogen-bond donors (Lipinski definition) is 0. The van der Waals surface area contributed by atoms with Gasteiger partial charge >= 0.3 is 0 Å². The Morgan fingerprint density at radius 3 is 2.58 bits per heavy atom. The molecule has 0 aliphatic carbocycles. The Morgan fingerprint density at radius 1 is 1.23 bits per heavy atom. The third-order valence-corrected chi connectivity index (χ3v) is 7.70. The summed E-state index contributed by atoms with van der Waals surface area (Å²) in [6.45, 7) is 0.396. The van der Waals surface area contributed by atoms with E-state index in [1.54, 1.807) is 12.1 Å². The van der Waals surface area contributed by atoms with Crippen LogP contribution in [0.15, 0.2) is 29.3 Å². The number of fused-ring (bicyclic) bond motifs is 1. The first kappa shape index (κ1) is 19.2. The Balaban J connectivity index is 1.82. The number of thioether (sulfide) groups is 1. The second-order valence-electron chi connectivity index (χ2n) is 6.22. The third-order valence-electron chi connectivity index (χ3n) is 4.20. The van der Waals surface area contributed by atoms with Crippen LogP contribution < -0.4 is 5.11 Å². The highest BCUT2D eigenvalue weighted by Gasteiger charge is 2.48. The number of rotatable bonds is 5. The fourth-order valence-corrected chi connectivity index (χ4v) is 7.07. The number of halogens is 1. The van der Waals surface area contributed by atoms with E-state index in [9.17, 15) is 23.1 Å². The summed E-state index contributed by atoms with van der Waals surface area (Å²) in [4.78, 5) is 28.3. The summed E-state index contributed by atoms with van der Waals surface area (Å²) in [6.07, 6.45) is -0.631. The van der Waals surface area contributed by atoms with Crippen LogP contribution in [-0.4, -0.2) is 53.2 Å². The van der Waals surface area contributed by atoms with Gasteiger partial charge in [-0.25, -0.2) is 8.42 Å². The molecule has 2 saturated heterocycles. The molecule has 0 N–H and O–H groups in total. The van der Waals surface area contributed by atoms with Crippen LogP contribution in [0.3, 0.4) is 0 Å². The summed E-state index contributed by atoms with van der Waals surface area (Å²) in [5, 5.41) is 11.4. The maximum absolute atomic E-state index is 12.0. The van der Waals surface area contributed by atoms with Crippen LogP contribution in [0.4, 0.5) is 0 Å². The molecule has 2 heterocycles. The average molecular weight is 416 g/mol. The molecular weight excluding hydrogens is 400 g/mol. The summed E-state index contributed by atoms with van der Waals surface area (Å²) in [7, 11) is -3.12. The maximum Gasteiger partial charge on any atom is 0.248 e. The lowest BCUT2D eigenvalue weighted by Gasteiger charge is -2.24. The van der Waals surface area contributed by atoms with Crippen LogP contribution in [0.5, 0.6) is 0 Å². The summed E-state index contributed by atoms with van der Waals surface area (Å²) in [5.41, 5.74) is 0.912. The van der Waals surface area contributed by atoms with E-state index >= 15 is 0 Å². The van der Waals surface area contributed by atoms with Crippen LogP contribution in [0.25, 0.3) is 0 Å². The van der Waals surface area contributed by atoms with E-state index < -0.39 is 28.1 Å². The second kappa shape index (κ2) is 7.58. The summed E-state index contributed by atoms with van der Waals surface area (Å²) in [5.74, 6) is -1.80. The van der Waals surface area contributed by atoms with Crippen molar-refractivity contribution in [3.05, 3.63) is 34.9 Å². The summed E-state index contributed by atoms with van der Waals surface area (Å²) < 4.78 is 23.9. The topological polar surface area (TPSA) is 107 Å². The number of amides is 1.